The summed E-state index contributed by atoms with van der Waals surface area (Å²) in [5.41, 5.74) is 8.24. The maximum absolute atomic E-state index is 11.3. The van der Waals surface area contributed by atoms with Crippen molar-refractivity contribution in [2.75, 3.05) is 23.0 Å². The Hall–Kier alpha value is -1.91. The molecule has 2 aliphatic rings. The smallest absolute Gasteiger partial charge is 0.262 e. The molecule has 0 bridgehead atoms. The Morgan fingerprint density at radius 3 is 2.84 bits per heavy atom. The molecule has 1 aromatic carbocycles. The number of nitrogens with two attached hydrogens (primary N) is 1. The number of hydrogen-bond donors (Lipinski definition) is 3. The standard InChI is InChI=1S/C14H19N3O2/c1-14(2,8-3-4-8)17-10-6-11-12(5-9(10)15)19-7-13(18)16-11/h5-6,8,17H,3-4,7,15H2,1-2H3,(H,16,18). The Balaban J connectivity index is 1.89. The van der Waals surface area contributed by atoms with Crippen LogP contribution in [0.2, 0.25) is 0 Å². The second-order valence-corrected chi connectivity index (χ2v) is 5.89. The van der Waals surface area contributed by atoms with Gasteiger partial charge in [0.05, 0.1) is 17.1 Å². The van der Waals surface area contributed by atoms with Gasteiger partial charge in [-0.25, -0.2) is 0 Å². The number of ether oxygens (including phenoxy) is 1. The molecule has 5 nitrogen and oxygen atoms in total. The Kier molecular flexibility index (Phi) is 2.59. The number of nitrogen functional groups attached to an aromatic ring is 1. The molecular formula is C14H19N3O2. The normalized spacial score (nSPS) is 18.3. The van der Waals surface area contributed by atoms with Crippen molar-refractivity contribution >= 4 is 23.0 Å². The fourth-order valence-corrected chi connectivity index (χ4v) is 2.50. The van der Waals surface area contributed by atoms with E-state index in [1.165, 1.54) is 12.8 Å². The molecule has 4 N–H and O–H groups in total. The van der Waals surface area contributed by atoms with E-state index in [0.717, 1.165) is 5.69 Å². The summed E-state index contributed by atoms with van der Waals surface area (Å²) < 4.78 is 5.34. The Bertz CT molecular complexity index is 536. The first-order valence-corrected chi connectivity index (χ1v) is 6.60. The van der Waals surface area contributed by atoms with E-state index in [-0.39, 0.29) is 18.1 Å². The second kappa shape index (κ2) is 4.05. The van der Waals surface area contributed by atoms with Crippen molar-refractivity contribution in [1.29, 1.82) is 0 Å². The molecule has 0 spiro atoms. The Morgan fingerprint density at radius 1 is 1.42 bits per heavy atom. The average Bonchev–Trinajstić information content (AvgIpc) is 3.14. The average molecular weight is 261 g/mol. The molecule has 0 atom stereocenters. The number of hydrogen-bond acceptors (Lipinski definition) is 4. The van der Waals surface area contributed by atoms with Crippen molar-refractivity contribution in [1.82, 2.24) is 0 Å². The van der Waals surface area contributed by atoms with Gasteiger partial charge in [-0.15, -0.1) is 0 Å². The van der Waals surface area contributed by atoms with Gasteiger partial charge in [-0.3, -0.25) is 4.79 Å². The van der Waals surface area contributed by atoms with Crippen LogP contribution in [0.1, 0.15) is 26.7 Å². The van der Waals surface area contributed by atoms with Crippen LogP contribution < -0.4 is 21.1 Å². The van der Waals surface area contributed by atoms with E-state index < -0.39 is 0 Å². The highest BCUT2D eigenvalue weighted by molar-refractivity contribution is 5.97. The lowest BCUT2D eigenvalue weighted by Gasteiger charge is -2.29. The van der Waals surface area contributed by atoms with Gasteiger partial charge in [0, 0.05) is 11.6 Å². The summed E-state index contributed by atoms with van der Waals surface area (Å²) in [7, 11) is 0. The van der Waals surface area contributed by atoms with Crippen LogP contribution in [0.15, 0.2) is 12.1 Å². The van der Waals surface area contributed by atoms with Crippen molar-refractivity contribution in [2.45, 2.75) is 32.2 Å². The summed E-state index contributed by atoms with van der Waals surface area (Å²) in [4.78, 5) is 11.3. The molecule has 0 saturated heterocycles. The molecule has 1 aliphatic carbocycles. The van der Waals surface area contributed by atoms with E-state index in [2.05, 4.69) is 24.5 Å². The topological polar surface area (TPSA) is 76.4 Å². The second-order valence-electron chi connectivity index (χ2n) is 5.89. The molecule has 5 heteroatoms. The molecule has 1 amide bonds. The van der Waals surface area contributed by atoms with Crippen LogP contribution in [0.3, 0.4) is 0 Å². The quantitative estimate of drug-likeness (QED) is 0.729. The lowest BCUT2D eigenvalue weighted by molar-refractivity contribution is -0.118. The van der Waals surface area contributed by atoms with E-state index in [9.17, 15) is 4.79 Å². The molecule has 0 aromatic heterocycles. The van der Waals surface area contributed by atoms with Crippen LogP contribution in [0, 0.1) is 5.92 Å². The van der Waals surface area contributed by atoms with Crippen molar-refractivity contribution in [3.8, 4) is 5.75 Å². The van der Waals surface area contributed by atoms with Crippen LogP contribution in [0.25, 0.3) is 0 Å². The zero-order valence-electron chi connectivity index (χ0n) is 11.2. The van der Waals surface area contributed by atoms with E-state index in [1.54, 1.807) is 6.07 Å². The van der Waals surface area contributed by atoms with E-state index >= 15 is 0 Å². The number of benzene rings is 1. The predicted octanol–water partition coefficient (Wildman–Crippen LogP) is 2.20. The molecule has 1 aromatic rings. The highest BCUT2D eigenvalue weighted by Crippen LogP contribution is 2.43. The molecular weight excluding hydrogens is 242 g/mol. The number of nitrogens with one attached hydrogen (secondary N) is 2. The van der Waals surface area contributed by atoms with Crippen LogP contribution in [-0.4, -0.2) is 18.1 Å². The van der Waals surface area contributed by atoms with Gasteiger partial charge in [0.25, 0.3) is 5.91 Å². The first-order chi connectivity index (χ1) is 8.95. The van der Waals surface area contributed by atoms with Gasteiger partial charge in [0.15, 0.2) is 6.61 Å². The molecule has 1 saturated carbocycles. The first kappa shape index (κ1) is 12.1. The Labute approximate surface area is 112 Å². The maximum Gasteiger partial charge on any atom is 0.262 e. The van der Waals surface area contributed by atoms with E-state index in [4.69, 9.17) is 10.5 Å². The number of fused-ring (bicyclic) bond motifs is 1. The lowest BCUT2D eigenvalue weighted by Crippen LogP contribution is -2.34. The molecule has 0 unspecified atom stereocenters. The van der Waals surface area contributed by atoms with Crippen LogP contribution in [0.5, 0.6) is 5.75 Å². The first-order valence-electron chi connectivity index (χ1n) is 6.60. The van der Waals surface area contributed by atoms with Crippen molar-refractivity contribution in [3.05, 3.63) is 12.1 Å². The third-order valence-corrected chi connectivity index (χ3v) is 3.84. The fourth-order valence-electron chi connectivity index (χ4n) is 2.50. The zero-order chi connectivity index (χ0) is 13.6. The minimum absolute atomic E-state index is 0.0158. The number of carbonyl (C=O) groups excluding carboxylic acids is 1. The van der Waals surface area contributed by atoms with E-state index in [0.29, 0.717) is 23.0 Å². The van der Waals surface area contributed by atoms with Crippen LogP contribution >= 0.6 is 0 Å². The largest absolute Gasteiger partial charge is 0.482 e. The minimum atomic E-state index is -0.135. The summed E-state index contributed by atoms with van der Waals surface area (Å²) in [5.74, 6) is 1.19. The summed E-state index contributed by atoms with van der Waals surface area (Å²) in [6, 6.07) is 3.62. The maximum atomic E-state index is 11.3. The van der Waals surface area contributed by atoms with Crippen LogP contribution in [0.4, 0.5) is 17.1 Å². The molecule has 1 fully saturated rings. The number of carbonyl (C=O) groups is 1. The third-order valence-electron chi connectivity index (χ3n) is 3.84. The summed E-state index contributed by atoms with van der Waals surface area (Å²) in [6.07, 6.45) is 2.51. The van der Waals surface area contributed by atoms with Gasteiger partial charge < -0.3 is 21.1 Å². The van der Waals surface area contributed by atoms with Crippen molar-refractivity contribution in [2.24, 2.45) is 5.92 Å². The summed E-state index contributed by atoms with van der Waals surface area (Å²) in [5, 5.41) is 6.28. The fraction of sp³-hybridized carbons (Fsp3) is 0.500. The third kappa shape index (κ3) is 2.32. The van der Waals surface area contributed by atoms with Gasteiger partial charge in [-0.05, 0) is 38.7 Å². The van der Waals surface area contributed by atoms with Gasteiger partial charge in [0.2, 0.25) is 0 Å². The molecule has 102 valence electrons. The molecule has 3 rings (SSSR count). The SMILES string of the molecule is CC(C)(Nc1cc2c(cc1N)OCC(=O)N2)C1CC1. The molecule has 1 heterocycles. The number of amides is 1. The van der Waals surface area contributed by atoms with Crippen LogP contribution in [-0.2, 0) is 4.79 Å². The molecule has 19 heavy (non-hydrogen) atoms. The minimum Gasteiger partial charge on any atom is -0.482 e. The van der Waals surface area contributed by atoms with Gasteiger partial charge >= 0.3 is 0 Å². The lowest BCUT2D eigenvalue weighted by atomic mass is 9.98. The number of rotatable bonds is 3. The molecule has 0 radical (unpaired) electrons. The summed E-state index contributed by atoms with van der Waals surface area (Å²) in [6.45, 7) is 4.41. The van der Waals surface area contributed by atoms with Crippen molar-refractivity contribution < 1.29 is 9.53 Å². The summed E-state index contributed by atoms with van der Waals surface area (Å²) >= 11 is 0. The monoisotopic (exact) mass is 261 g/mol. The molecule has 1 aliphatic heterocycles. The Morgan fingerprint density at radius 2 is 2.16 bits per heavy atom. The van der Waals surface area contributed by atoms with Crippen molar-refractivity contribution in [3.63, 3.8) is 0 Å². The number of anilines is 3. The van der Waals surface area contributed by atoms with E-state index in [1.807, 2.05) is 6.07 Å². The highest BCUT2D eigenvalue weighted by atomic mass is 16.5. The zero-order valence-corrected chi connectivity index (χ0v) is 11.2. The van der Waals surface area contributed by atoms with Gasteiger partial charge in [-0.1, -0.05) is 0 Å². The van der Waals surface area contributed by atoms with Gasteiger partial charge in [-0.2, -0.15) is 0 Å². The highest BCUT2D eigenvalue weighted by Gasteiger charge is 2.38. The van der Waals surface area contributed by atoms with Gasteiger partial charge in [0.1, 0.15) is 5.75 Å². The predicted molar refractivity (Wildman–Crippen MR) is 75.4 cm³/mol.